The second-order valence-electron chi connectivity index (χ2n) is 8.47. The van der Waals surface area contributed by atoms with Crippen LogP contribution in [0, 0.1) is 10.8 Å². The molecule has 3 fully saturated rings. The van der Waals surface area contributed by atoms with Gasteiger partial charge in [-0.05, 0) is 61.9 Å². The molecule has 0 amide bonds. The van der Waals surface area contributed by atoms with Gasteiger partial charge < -0.3 is 19.7 Å². The second kappa shape index (κ2) is 6.06. The van der Waals surface area contributed by atoms with Gasteiger partial charge in [0.2, 0.25) is 0 Å². The van der Waals surface area contributed by atoms with E-state index in [2.05, 4.69) is 18.2 Å². The summed E-state index contributed by atoms with van der Waals surface area (Å²) in [4.78, 5) is 0. The zero-order valence-electron chi connectivity index (χ0n) is 15.4. The number of benzene rings is 2. The molecule has 142 valence electrons. The highest BCUT2D eigenvalue weighted by Crippen LogP contribution is 2.87. The monoisotopic (exact) mass is 366 g/mol. The lowest BCUT2D eigenvalue weighted by Gasteiger charge is -2.48. The predicted octanol–water partition coefficient (Wildman–Crippen LogP) is 4.01. The third-order valence-electron chi connectivity index (χ3n) is 7.25. The molecule has 3 aliphatic rings. The van der Waals surface area contributed by atoms with E-state index < -0.39 is 6.10 Å². The van der Waals surface area contributed by atoms with Crippen LogP contribution in [-0.2, 0) is 10.3 Å². The molecule has 4 unspecified atom stereocenters. The van der Waals surface area contributed by atoms with Crippen LogP contribution in [-0.4, -0.2) is 29.5 Å². The van der Waals surface area contributed by atoms with E-state index in [1.54, 1.807) is 0 Å². The minimum absolute atomic E-state index is 0.159. The molecule has 1 aliphatic heterocycles. The number of aliphatic hydroxyl groups is 2. The fourth-order valence-corrected chi connectivity index (χ4v) is 5.65. The summed E-state index contributed by atoms with van der Waals surface area (Å²) in [6.07, 6.45) is 4.36. The SMILES string of the molecule is OCC(O)CCC12COC3(c4cccc(Oc5ccccc5)c4)CCC13C2. The number of para-hydroxylation sites is 1. The number of rotatable bonds is 7. The Kier molecular flexibility index (Phi) is 3.87. The van der Waals surface area contributed by atoms with Crippen LogP contribution >= 0.6 is 0 Å². The molecular formula is C23H26O4. The Bertz CT molecular complexity index is 833. The van der Waals surface area contributed by atoms with Crippen LogP contribution in [0.15, 0.2) is 54.6 Å². The quantitative estimate of drug-likeness (QED) is 0.777. The first kappa shape index (κ1) is 17.2. The Morgan fingerprint density at radius 3 is 2.59 bits per heavy atom. The first-order chi connectivity index (χ1) is 13.1. The van der Waals surface area contributed by atoms with Crippen molar-refractivity contribution in [2.24, 2.45) is 10.8 Å². The van der Waals surface area contributed by atoms with Crippen LogP contribution in [0.5, 0.6) is 11.5 Å². The van der Waals surface area contributed by atoms with Crippen molar-refractivity contribution in [3.63, 3.8) is 0 Å². The number of hydrogen-bond donors (Lipinski definition) is 2. The lowest BCUT2D eigenvalue weighted by atomic mass is 9.60. The van der Waals surface area contributed by atoms with E-state index in [1.807, 2.05) is 36.4 Å². The molecular weight excluding hydrogens is 340 g/mol. The largest absolute Gasteiger partial charge is 0.457 e. The maximum absolute atomic E-state index is 9.77. The van der Waals surface area contributed by atoms with Crippen molar-refractivity contribution in [2.45, 2.75) is 43.8 Å². The molecule has 5 rings (SSSR count). The van der Waals surface area contributed by atoms with E-state index in [9.17, 15) is 5.11 Å². The molecule has 2 aliphatic carbocycles. The van der Waals surface area contributed by atoms with Gasteiger partial charge in [-0.25, -0.2) is 0 Å². The van der Waals surface area contributed by atoms with Crippen molar-refractivity contribution in [2.75, 3.05) is 13.2 Å². The maximum atomic E-state index is 9.77. The number of aliphatic hydroxyl groups excluding tert-OH is 2. The summed E-state index contributed by atoms with van der Waals surface area (Å²) in [7, 11) is 0. The highest BCUT2D eigenvalue weighted by atomic mass is 16.5. The molecule has 27 heavy (non-hydrogen) atoms. The molecule has 1 spiro atoms. The highest BCUT2D eigenvalue weighted by molar-refractivity contribution is 5.44. The Labute approximate surface area is 159 Å². The number of hydrogen-bond acceptors (Lipinski definition) is 4. The first-order valence-corrected chi connectivity index (χ1v) is 9.90. The summed E-state index contributed by atoms with van der Waals surface area (Å²) in [6.45, 7) is 0.600. The van der Waals surface area contributed by atoms with Crippen molar-refractivity contribution in [3.8, 4) is 11.5 Å². The minimum Gasteiger partial charge on any atom is -0.457 e. The Morgan fingerprint density at radius 2 is 1.85 bits per heavy atom. The Morgan fingerprint density at radius 1 is 1.04 bits per heavy atom. The Hall–Kier alpha value is -1.88. The van der Waals surface area contributed by atoms with Gasteiger partial charge in [0, 0.05) is 10.8 Å². The van der Waals surface area contributed by atoms with Crippen molar-refractivity contribution in [3.05, 3.63) is 60.2 Å². The molecule has 0 aromatic heterocycles. The molecule has 2 aromatic carbocycles. The van der Waals surface area contributed by atoms with Crippen molar-refractivity contribution in [1.29, 1.82) is 0 Å². The average molecular weight is 366 g/mol. The summed E-state index contributed by atoms with van der Waals surface area (Å²) < 4.78 is 12.5. The standard InChI is InChI=1S/C23H26O4/c24-14-18(25)9-10-21-15-22(21)11-12-23(22,26-16-21)17-5-4-8-20(13-17)27-19-6-2-1-3-7-19/h1-8,13,18,24-25H,9-12,14-16H2. The smallest absolute Gasteiger partial charge is 0.127 e. The lowest BCUT2D eigenvalue weighted by Crippen LogP contribution is -2.46. The van der Waals surface area contributed by atoms with Crippen LogP contribution in [0.3, 0.4) is 0 Å². The third-order valence-corrected chi connectivity index (χ3v) is 7.25. The highest BCUT2D eigenvalue weighted by Gasteiger charge is 2.84. The second-order valence-corrected chi connectivity index (χ2v) is 8.47. The van der Waals surface area contributed by atoms with E-state index >= 15 is 0 Å². The molecule has 0 radical (unpaired) electrons. The van der Waals surface area contributed by atoms with E-state index in [-0.39, 0.29) is 23.0 Å². The van der Waals surface area contributed by atoms with Gasteiger partial charge >= 0.3 is 0 Å². The lowest BCUT2D eigenvalue weighted by molar-refractivity contribution is -0.125. The molecule has 0 bridgehead atoms. The van der Waals surface area contributed by atoms with Gasteiger partial charge in [-0.1, -0.05) is 30.3 Å². The van der Waals surface area contributed by atoms with Gasteiger partial charge in [0.05, 0.1) is 24.9 Å². The van der Waals surface area contributed by atoms with Gasteiger partial charge in [0.15, 0.2) is 0 Å². The topological polar surface area (TPSA) is 58.9 Å². The van der Waals surface area contributed by atoms with E-state index in [1.165, 1.54) is 18.4 Å². The summed E-state index contributed by atoms with van der Waals surface area (Å²) >= 11 is 0. The normalized spacial score (nSPS) is 34.3. The van der Waals surface area contributed by atoms with Crippen LogP contribution in [0.4, 0.5) is 0 Å². The summed E-state index contributed by atoms with van der Waals surface area (Å²) in [5.41, 5.74) is 1.40. The van der Waals surface area contributed by atoms with Gasteiger partial charge in [0.1, 0.15) is 11.5 Å². The van der Waals surface area contributed by atoms with Crippen LogP contribution < -0.4 is 4.74 Å². The van der Waals surface area contributed by atoms with Gasteiger partial charge in [-0.15, -0.1) is 0 Å². The average Bonchev–Trinajstić information content (AvgIpc) is 3.34. The first-order valence-electron chi connectivity index (χ1n) is 9.90. The fourth-order valence-electron chi connectivity index (χ4n) is 5.65. The van der Waals surface area contributed by atoms with Gasteiger partial charge in [-0.3, -0.25) is 0 Å². The zero-order chi connectivity index (χ0) is 18.5. The molecule has 4 heteroatoms. The molecule has 4 nitrogen and oxygen atoms in total. The summed E-state index contributed by atoms with van der Waals surface area (Å²) in [6, 6.07) is 18.2. The summed E-state index contributed by atoms with van der Waals surface area (Å²) in [5.74, 6) is 1.68. The molecule has 1 saturated heterocycles. The van der Waals surface area contributed by atoms with E-state index in [0.29, 0.717) is 6.42 Å². The van der Waals surface area contributed by atoms with Crippen molar-refractivity contribution >= 4 is 0 Å². The van der Waals surface area contributed by atoms with Crippen molar-refractivity contribution in [1.82, 2.24) is 0 Å². The van der Waals surface area contributed by atoms with E-state index in [4.69, 9.17) is 14.6 Å². The van der Waals surface area contributed by atoms with Crippen LogP contribution in [0.2, 0.25) is 0 Å². The molecule has 4 atom stereocenters. The molecule has 2 N–H and O–H groups in total. The molecule has 2 aromatic rings. The number of ether oxygens (including phenoxy) is 2. The predicted molar refractivity (Wildman–Crippen MR) is 102 cm³/mol. The summed E-state index contributed by atoms with van der Waals surface area (Å²) in [5, 5.41) is 18.9. The van der Waals surface area contributed by atoms with Gasteiger partial charge in [0.25, 0.3) is 0 Å². The van der Waals surface area contributed by atoms with Crippen molar-refractivity contribution < 1.29 is 19.7 Å². The van der Waals surface area contributed by atoms with Crippen LogP contribution in [0.25, 0.3) is 0 Å². The minimum atomic E-state index is -0.616. The molecule has 2 saturated carbocycles. The fraction of sp³-hybridized carbons (Fsp3) is 0.478. The van der Waals surface area contributed by atoms with Gasteiger partial charge in [-0.2, -0.15) is 0 Å². The Balaban J connectivity index is 1.38. The molecule has 1 heterocycles. The zero-order valence-corrected chi connectivity index (χ0v) is 15.4. The van der Waals surface area contributed by atoms with Crippen LogP contribution in [0.1, 0.15) is 37.7 Å². The van der Waals surface area contributed by atoms with E-state index in [0.717, 1.165) is 30.9 Å². The third kappa shape index (κ3) is 2.40. The maximum Gasteiger partial charge on any atom is 0.127 e.